The molecule has 0 radical (unpaired) electrons. The number of phenolic OH excluding ortho intramolecular Hbond substituents is 1. The predicted molar refractivity (Wildman–Crippen MR) is 124 cm³/mol. The van der Waals surface area contributed by atoms with Crippen molar-refractivity contribution in [2.24, 2.45) is 5.92 Å². The normalized spacial score (nSPS) is 16.0. The van der Waals surface area contributed by atoms with Crippen LogP contribution < -0.4 is 21.5 Å². The summed E-state index contributed by atoms with van der Waals surface area (Å²) in [6.45, 7) is 0.510. The van der Waals surface area contributed by atoms with Crippen LogP contribution in [-0.4, -0.2) is 51.7 Å². The number of halogens is 1. The molecule has 32 heavy (non-hydrogen) atoms. The predicted octanol–water partition coefficient (Wildman–Crippen LogP) is 2.64. The van der Waals surface area contributed by atoms with Crippen molar-refractivity contribution < 1.29 is 18.3 Å². The number of sulfonamides is 1. The number of phenols is 1. The molecule has 0 heterocycles. The van der Waals surface area contributed by atoms with Crippen molar-refractivity contribution in [3.8, 4) is 5.75 Å². The van der Waals surface area contributed by atoms with Crippen molar-refractivity contribution in [1.82, 2.24) is 4.31 Å². The molecular formula is C21H28ClN3O6S. The maximum atomic E-state index is 12.6. The van der Waals surface area contributed by atoms with Crippen molar-refractivity contribution in [2.75, 3.05) is 38.4 Å². The number of hydrogen-bond donors (Lipinski definition) is 3. The van der Waals surface area contributed by atoms with Crippen LogP contribution in [0.1, 0.15) is 32.1 Å². The zero-order valence-electron chi connectivity index (χ0n) is 18.3. The molecule has 3 N–H and O–H groups in total. The van der Waals surface area contributed by atoms with Gasteiger partial charge in [-0.05, 0) is 37.3 Å². The second-order valence-corrected chi connectivity index (χ2v) is 10.7. The summed E-state index contributed by atoms with van der Waals surface area (Å²) in [6.07, 6.45) is 4.98. The topological polar surface area (TPSA) is 125 Å². The maximum Gasteiger partial charge on any atom is 0.253 e. The van der Waals surface area contributed by atoms with Gasteiger partial charge in [-0.2, -0.15) is 0 Å². The summed E-state index contributed by atoms with van der Waals surface area (Å²) >= 11 is 6.03. The molecule has 1 aliphatic rings. The molecule has 1 aliphatic carbocycles. The third kappa shape index (κ3) is 4.63. The quantitative estimate of drug-likeness (QED) is 0.346. The van der Waals surface area contributed by atoms with Gasteiger partial charge < -0.3 is 20.5 Å². The van der Waals surface area contributed by atoms with Gasteiger partial charge in [0, 0.05) is 33.9 Å². The average Bonchev–Trinajstić information content (AvgIpc) is 3.28. The molecule has 2 aromatic carbocycles. The number of methoxy groups -OCH3 is 1. The molecule has 0 amide bonds. The highest BCUT2D eigenvalue weighted by molar-refractivity contribution is 7.89. The van der Waals surface area contributed by atoms with Crippen LogP contribution in [0.3, 0.4) is 0 Å². The van der Waals surface area contributed by atoms with Crippen molar-refractivity contribution in [2.45, 2.75) is 43.0 Å². The number of hydrogen-bond acceptors (Lipinski definition) is 8. The summed E-state index contributed by atoms with van der Waals surface area (Å²) in [5, 5.41) is 16.4. The van der Waals surface area contributed by atoms with E-state index in [0.717, 1.165) is 30.0 Å². The van der Waals surface area contributed by atoms with Crippen LogP contribution in [0, 0.1) is 5.92 Å². The molecule has 1 atom stereocenters. The van der Waals surface area contributed by atoms with E-state index in [1.807, 2.05) is 0 Å². The van der Waals surface area contributed by atoms with Gasteiger partial charge in [0.1, 0.15) is 16.3 Å². The smallest absolute Gasteiger partial charge is 0.253 e. The van der Waals surface area contributed by atoms with Crippen molar-refractivity contribution in [1.29, 1.82) is 0 Å². The molecule has 1 fully saturated rings. The second-order valence-electron chi connectivity index (χ2n) is 8.17. The largest absolute Gasteiger partial charge is 0.504 e. The SMILES string of the molecule is COCCC(Nc1c(Nc2ccc(Cl)c(S(=O)(=O)N(C)C)c2O)c(=O)c1=O)C1CCCC1. The molecule has 2 aromatic rings. The number of ether oxygens (including phenoxy) is 1. The van der Waals surface area contributed by atoms with Crippen LogP contribution in [-0.2, 0) is 14.8 Å². The maximum absolute atomic E-state index is 12.6. The zero-order chi connectivity index (χ0) is 23.6. The van der Waals surface area contributed by atoms with Gasteiger partial charge in [-0.1, -0.05) is 24.4 Å². The number of nitrogens with zero attached hydrogens (tertiary/aromatic N) is 1. The molecular weight excluding hydrogens is 458 g/mol. The number of rotatable bonds is 10. The molecule has 1 unspecified atom stereocenters. The van der Waals surface area contributed by atoms with Crippen LogP contribution >= 0.6 is 11.6 Å². The van der Waals surface area contributed by atoms with Gasteiger partial charge in [-0.15, -0.1) is 0 Å². The first-order valence-corrected chi connectivity index (χ1v) is 12.2. The number of anilines is 3. The average molecular weight is 486 g/mol. The first-order chi connectivity index (χ1) is 15.1. The van der Waals surface area contributed by atoms with E-state index in [-0.39, 0.29) is 28.1 Å². The molecule has 9 nitrogen and oxygen atoms in total. The number of aromatic hydroxyl groups is 1. The summed E-state index contributed by atoms with van der Waals surface area (Å²) in [4.78, 5) is 24.1. The molecule has 0 saturated heterocycles. The highest BCUT2D eigenvalue weighted by Crippen LogP contribution is 2.40. The van der Waals surface area contributed by atoms with E-state index in [1.54, 1.807) is 7.11 Å². The van der Waals surface area contributed by atoms with Gasteiger partial charge in [0.2, 0.25) is 10.0 Å². The van der Waals surface area contributed by atoms with Gasteiger partial charge in [-0.3, -0.25) is 9.59 Å². The van der Waals surface area contributed by atoms with Crippen molar-refractivity contribution in [3.63, 3.8) is 0 Å². The minimum atomic E-state index is -4.05. The van der Waals surface area contributed by atoms with E-state index in [1.165, 1.54) is 26.2 Å². The van der Waals surface area contributed by atoms with Crippen LogP contribution in [0.4, 0.5) is 17.1 Å². The van der Waals surface area contributed by atoms with E-state index in [9.17, 15) is 23.1 Å². The Kier molecular flexibility index (Phi) is 7.49. The molecule has 176 valence electrons. The summed E-state index contributed by atoms with van der Waals surface area (Å²) in [5.74, 6) is -0.264. The highest BCUT2D eigenvalue weighted by atomic mass is 35.5. The lowest BCUT2D eigenvalue weighted by atomic mass is 9.94. The highest BCUT2D eigenvalue weighted by Gasteiger charge is 2.31. The third-order valence-corrected chi connectivity index (χ3v) is 8.24. The monoisotopic (exact) mass is 485 g/mol. The Morgan fingerprint density at radius 3 is 2.41 bits per heavy atom. The third-order valence-electron chi connectivity index (χ3n) is 5.92. The number of benzene rings is 1. The Morgan fingerprint density at radius 1 is 1.19 bits per heavy atom. The van der Waals surface area contributed by atoms with E-state index in [4.69, 9.17) is 16.3 Å². The Hall–Kier alpha value is -2.14. The van der Waals surface area contributed by atoms with Crippen molar-refractivity contribution in [3.05, 3.63) is 37.6 Å². The fourth-order valence-electron chi connectivity index (χ4n) is 4.07. The Labute approximate surface area is 192 Å². The Bertz CT molecular complexity index is 1150. The molecule has 0 aliphatic heterocycles. The summed E-state index contributed by atoms with van der Waals surface area (Å²) in [7, 11) is 0.185. The summed E-state index contributed by atoms with van der Waals surface area (Å²) in [5.41, 5.74) is -1.31. The molecule has 3 rings (SSSR count). The minimum Gasteiger partial charge on any atom is -0.504 e. The summed E-state index contributed by atoms with van der Waals surface area (Å²) < 4.78 is 31.2. The molecule has 0 aromatic heterocycles. The van der Waals surface area contributed by atoms with Crippen LogP contribution in [0.15, 0.2) is 26.6 Å². The molecule has 11 heteroatoms. The van der Waals surface area contributed by atoms with E-state index in [2.05, 4.69) is 10.6 Å². The van der Waals surface area contributed by atoms with E-state index >= 15 is 0 Å². The van der Waals surface area contributed by atoms with E-state index in [0.29, 0.717) is 18.9 Å². The van der Waals surface area contributed by atoms with Crippen molar-refractivity contribution >= 4 is 38.7 Å². The lowest BCUT2D eigenvalue weighted by molar-refractivity contribution is 0.182. The van der Waals surface area contributed by atoms with Crippen LogP contribution in [0.25, 0.3) is 0 Å². The Morgan fingerprint density at radius 2 is 1.81 bits per heavy atom. The first-order valence-electron chi connectivity index (χ1n) is 10.4. The van der Waals surface area contributed by atoms with Gasteiger partial charge in [0.25, 0.3) is 10.9 Å². The van der Waals surface area contributed by atoms with Gasteiger partial charge in [0.05, 0.1) is 10.7 Å². The lowest BCUT2D eigenvalue weighted by Crippen LogP contribution is -2.41. The molecule has 1 saturated carbocycles. The fraction of sp³-hybridized carbons (Fsp3) is 0.524. The lowest BCUT2D eigenvalue weighted by Gasteiger charge is -2.27. The zero-order valence-corrected chi connectivity index (χ0v) is 19.8. The minimum absolute atomic E-state index is 0.0127. The summed E-state index contributed by atoms with van der Waals surface area (Å²) in [6, 6.07) is 2.62. The second kappa shape index (κ2) is 9.78. The Balaban J connectivity index is 1.93. The van der Waals surface area contributed by atoms with Gasteiger partial charge in [-0.25, -0.2) is 12.7 Å². The van der Waals surface area contributed by atoms with E-state index < -0.39 is 31.5 Å². The fourth-order valence-corrected chi connectivity index (χ4v) is 5.55. The first kappa shape index (κ1) is 24.5. The number of nitrogens with one attached hydrogen (secondary N) is 2. The van der Waals surface area contributed by atoms with Crippen LogP contribution in [0.2, 0.25) is 5.02 Å². The van der Waals surface area contributed by atoms with Crippen LogP contribution in [0.5, 0.6) is 5.75 Å². The molecule has 0 bridgehead atoms. The van der Waals surface area contributed by atoms with Gasteiger partial charge in [0.15, 0.2) is 5.75 Å². The molecule has 0 spiro atoms. The van der Waals surface area contributed by atoms with Gasteiger partial charge >= 0.3 is 0 Å². The standard InChI is InChI=1S/C21H28ClN3O6S/c1-25(2)32(29,30)21-13(22)8-9-15(18(21)26)24-17-16(19(27)20(17)28)23-14(10-11-31-3)12-6-4-5-7-12/h8-9,12,14,23-24,26H,4-7,10-11H2,1-3H3.